The Balaban J connectivity index is 1.46. The van der Waals surface area contributed by atoms with Gasteiger partial charge in [0.15, 0.2) is 0 Å². The molecule has 9 nitrogen and oxygen atoms in total. The second-order valence-corrected chi connectivity index (χ2v) is 10.2. The number of anilines is 3. The summed E-state index contributed by atoms with van der Waals surface area (Å²) in [5.41, 5.74) is 4.50. The molecule has 0 spiro atoms. The molecule has 1 aliphatic rings. The molecule has 0 bridgehead atoms. The molecule has 1 aliphatic heterocycles. The quantitative estimate of drug-likeness (QED) is 0.395. The number of carbonyl (C=O) groups is 2. The zero-order chi connectivity index (χ0) is 29.1. The number of rotatable bonds is 6. The Hall–Kier alpha value is -4.48. The van der Waals surface area contributed by atoms with E-state index in [1.807, 2.05) is 32.9 Å². The molecule has 3 N–H and O–H groups in total. The first-order valence-corrected chi connectivity index (χ1v) is 12.5. The number of halogens is 3. The van der Waals surface area contributed by atoms with Gasteiger partial charge < -0.3 is 30.3 Å². The van der Waals surface area contributed by atoms with Crippen molar-refractivity contribution in [1.82, 2.24) is 9.88 Å². The van der Waals surface area contributed by atoms with Gasteiger partial charge >= 0.3 is 12.3 Å². The molecule has 0 saturated carbocycles. The number of para-hydroxylation sites is 1. The Bertz CT molecular complexity index is 1370. The SMILES string of the molecule is CC(C)(C)OC(=O)N1CCN(c2ccc(Oc3cc(Nc4ccccc4C(N)=O)c(C(F)(F)F)cn3)cc2)CC1. The first-order valence-electron chi connectivity index (χ1n) is 12.5. The van der Waals surface area contributed by atoms with Gasteiger partial charge in [-0.1, -0.05) is 12.1 Å². The summed E-state index contributed by atoms with van der Waals surface area (Å²) >= 11 is 0. The largest absolute Gasteiger partial charge is 0.444 e. The lowest BCUT2D eigenvalue weighted by Gasteiger charge is -2.36. The van der Waals surface area contributed by atoms with Crippen molar-refractivity contribution >= 4 is 29.1 Å². The van der Waals surface area contributed by atoms with E-state index in [9.17, 15) is 22.8 Å². The number of carbonyl (C=O) groups excluding carboxylic acids is 2. The maximum Gasteiger partial charge on any atom is 0.419 e. The molecular weight excluding hydrogens is 527 g/mol. The van der Waals surface area contributed by atoms with Crippen LogP contribution in [-0.2, 0) is 10.9 Å². The van der Waals surface area contributed by atoms with Gasteiger partial charge in [0, 0.05) is 44.1 Å². The topological polar surface area (TPSA) is 110 Å². The minimum absolute atomic E-state index is 0.0393. The normalized spacial score (nSPS) is 14.1. The Labute approximate surface area is 229 Å². The summed E-state index contributed by atoms with van der Waals surface area (Å²) in [7, 11) is 0. The summed E-state index contributed by atoms with van der Waals surface area (Å²) in [4.78, 5) is 31.6. The second kappa shape index (κ2) is 11.3. The van der Waals surface area contributed by atoms with Crippen molar-refractivity contribution in [1.29, 1.82) is 0 Å². The molecule has 2 amide bonds. The predicted octanol–water partition coefficient (Wildman–Crippen LogP) is 5.79. The Morgan fingerprint density at radius 3 is 2.20 bits per heavy atom. The van der Waals surface area contributed by atoms with Crippen LogP contribution >= 0.6 is 0 Å². The number of primary amides is 1. The number of nitrogens with one attached hydrogen (secondary N) is 1. The third-order valence-electron chi connectivity index (χ3n) is 6.00. The minimum Gasteiger partial charge on any atom is -0.444 e. The lowest BCUT2D eigenvalue weighted by Crippen LogP contribution is -2.50. The van der Waals surface area contributed by atoms with E-state index in [1.165, 1.54) is 12.1 Å². The lowest BCUT2D eigenvalue weighted by atomic mass is 10.1. The van der Waals surface area contributed by atoms with E-state index < -0.39 is 23.2 Å². The maximum atomic E-state index is 13.7. The zero-order valence-electron chi connectivity index (χ0n) is 22.3. The van der Waals surface area contributed by atoms with E-state index in [2.05, 4.69) is 15.2 Å². The van der Waals surface area contributed by atoms with E-state index >= 15 is 0 Å². The van der Waals surface area contributed by atoms with Crippen LogP contribution in [0.1, 0.15) is 36.7 Å². The van der Waals surface area contributed by atoms with Crippen LogP contribution in [0.3, 0.4) is 0 Å². The Morgan fingerprint density at radius 2 is 1.60 bits per heavy atom. The molecule has 12 heteroatoms. The summed E-state index contributed by atoms with van der Waals surface area (Å²) in [5, 5.41) is 2.65. The molecule has 40 heavy (non-hydrogen) atoms. The van der Waals surface area contributed by atoms with E-state index in [0.29, 0.717) is 38.1 Å². The lowest BCUT2D eigenvalue weighted by molar-refractivity contribution is -0.137. The third-order valence-corrected chi connectivity index (χ3v) is 6.00. The summed E-state index contributed by atoms with van der Waals surface area (Å²) in [6, 6.07) is 14.1. The number of alkyl halides is 3. The van der Waals surface area contributed by atoms with Crippen LogP contribution in [0.2, 0.25) is 0 Å². The van der Waals surface area contributed by atoms with Gasteiger partial charge in [-0.2, -0.15) is 13.2 Å². The Kier molecular flexibility index (Phi) is 8.08. The highest BCUT2D eigenvalue weighted by Gasteiger charge is 2.35. The van der Waals surface area contributed by atoms with Crippen LogP contribution in [-0.4, -0.2) is 53.7 Å². The molecule has 4 rings (SSSR count). The van der Waals surface area contributed by atoms with Gasteiger partial charge in [0.25, 0.3) is 5.91 Å². The maximum absolute atomic E-state index is 13.7. The second-order valence-electron chi connectivity index (χ2n) is 10.2. The number of aromatic nitrogens is 1. The first kappa shape index (κ1) is 28.5. The number of hydrogen-bond donors (Lipinski definition) is 2. The van der Waals surface area contributed by atoms with Crippen molar-refractivity contribution in [2.45, 2.75) is 32.5 Å². The van der Waals surface area contributed by atoms with E-state index in [-0.39, 0.29) is 28.9 Å². The van der Waals surface area contributed by atoms with Crippen molar-refractivity contribution in [3.05, 3.63) is 71.9 Å². The average Bonchev–Trinajstić information content (AvgIpc) is 2.88. The number of ether oxygens (including phenoxy) is 2. The molecule has 1 fully saturated rings. The van der Waals surface area contributed by atoms with Crippen LogP contribution in [0.4, 0.5) is 35.0 Å². The molecule has 0 atom stereocenters. The number of piperazine rings is 1. The number of nitrogens with zero attached hydrogens (tertiary/aromatic N) is 3. The molecule has 0 radical (unpaired) electrons. The van der Waals surface area contributed by atoms with Gasteiger partial charge in [-0.3, -0.25) is 4.79 Å². The van der Waals surface area contributed by atoms with Crippen molar-refractivity contribution in [3.8, 4) is 11.6 Å². The monoisotopic (exact) mass is 557 g/mol. The number of hydrogen-bond acceptors (Lipinski definition) is 7. The van der Waals surface area contributed by atoms with E-state index in [1.54, 1.807) is 29.2 Å². The smallest absolute Gasteiger partial charge is 0.419 e. The number of nitrogens with two attached hydrogens (primary N) is 1. The number of pyridine rings is 1. The zero-order valence-corrected chi connectivity index (χ0v) is 22.3. The standard InChI is InChI=1S/C28H30F3N5O4/c1-27(2,3)40-26(38)36-14-12-35(13-15-36)18-8-10-19(11-9-18)39-24-16-23(21(17-33-24)28(29,30)31)34-22-7-5-4-6-20(22)25(32)37/h4-11,16-17H,12-15H2,1-3H3,(H2,32,37)(H,33,34). The summed E-state index contributed by atoms with van der Waals surface area (Å²) in [6.45, 7) is 7.72. The number of amides is 2. The molecule has 3 aromatic rings. The highest BCUT2D eigenvalue weighted by molar-refractivity contribution is 5.99. The average molecular weight is 558 g/mol. The van der Waals surface area contributed by atoms with Crippen LogP contribution < -0.4 is 20.7 Å². The fourth-order valence-electron chi connectivity index (χ4n) is 4.09. The van der Waals surface area contributed by atoms with Crippen LogP contribution in [0.5, 0.6) is 11.6 Å². The van der Waals surface area contributed by atoms with Crippen molar-refractivity contribution in [3.63, 3.8) is 0 Å². The molecule has 0 unspecified atom stereocenters. The highest BCUT2D eigenvalue weighted by Crippen LogP contribution is 2.38. The van der Waals surface area contributed by atoms with Gasteiger partial charge in [0.1, 0.15) is 11.4 Å². The van der Waals surface area contributed by atoms with Crippen LogP contribution in [0.25, 0.3) is 0 Å². The van der Waals surface area contributed by atoms with Crippen LogP contribution in [0.15, 0.2) is 60.8 Å². The van der Waals surface area contributed by atoms with Gasteiger partial charge in [-0.25, -0.2) is 9.78 Å². The van der Waals surface area contributed by atoms with Gasteiger partial charge in [-0.05, 0) is 57.2 Å². The molecule has 1 aromatic heterocycles. The number of benzene rings is 2. The summed E-state index contributed by atoms with van der Waals surface area (Å²) < 4.78 is 52.2. The Morgan fingerprint density at radius 1 is 0.950 bits per heavy atom. The fraction of sp³-hybridized carbons (Fsp3) is 0.321. The summed E-state index contributed by atoms with van der Waals surface area (Å²) in [5.74, 6) is -0.494. The fourth-order valence-corrected chi connectivity index (χ4v) is 4.09. The third kappa shape index (κ3) is 7.13. The molecular formula is C28H30F3N5O4. The highest BCUT2D eigenvalue weighted by atomic mass is 19.4. The molecule has 212 valence electrons. The van der Waals surface area contributed by atoms with E-state index in [4.69, 9.17) is 15.2 Å². The van der Waals surface area contributed by atoms with Crippen molar-refractivity contribution in [2.75, 3.05) is 36.4 Å². The molecule has 1 saturated heterocycles. The molecule has 2 heterocycles. The van der Waals surface area contributed by atoms with Gasteiger partial charge in [0.05, 0.1) is 22.5 Å². The van der Waals surface area contributed by atoms with E-state index in [0.717, 1.165) is 11.8 Å². The molecule has 2 aromatic carbocycles. The predicted molar refractivity (Wildman–Crippen MR) is 144 cm³/mol. The van der Waals surface area contributed by atoms with Crippen molar-refractivity contribution in [2.24, 2.45) is 5.73 Å². The van der Waals surface area contributed by atoms with Gasteiger partial charge in [0.2, 0.25) is 5.88 Å². The van der Waals surface area contributed by atoms with Gasteiger partial charge in [-0.15, -0.1) is 0 Å². The molecule has 0 aliphatic carbocycles. The first-order chi connectivity index (χ1) is 18.8. The minimum atomic E-state index is -4.70. The van der Waals surface area contributed by atoms with Crippen LogP contribution in [0, 0.1) is 0 Å². The van der Waals surface area contributed by atoms with Crippen molar-refractivity contribution < 1.29 is 32.2 Å². The summed E-state index contributed by atoms with van der Waals surface area (Å²) in [6.07, 6.45) is -4.37.